The SMILES string of the molecule is CCOC(=O)C1=C(C)N=c2s/c(=C/c3cc(Br)c(OCC)c(OCC)c3)c(=O)n2[C@H]1c1cccc2ccccc12. The lowest BCUT2D eigenvalue weighted by molar-refractivity contribution is -0.139. The molecule has 1 atom stereocenters. The second-order valence-electron chi connectivity index (χ2n) is 9.07. The van der Waals surface area contributed by atoms with E-state index in [4.69, 9.17) is 19.2 Å². The van der Waals surface area contributed by atoms with Gasteiger partial charge in [0, 0.05) is 0 Å². The fourth-order valence-electron chi connectivity index (χ4n) is 4.94. The Labute approximate surface area is 244 Å². The molecule has 206 valence electrons. The molecule has 40 heavy (non-hydrogen) atoms. The number of carbonyl (C=O) groups excluding carboxylic acids is 1. The molecule has 0 fully saturated rings. The Kier molecular flexibility index (Phi) is 8.23. The molecule has 1 aromatic heterocycles. The van der Waals surface area contributed by atoms with Gasteiger partial charge in [-0.15, -0.1) is 0 Å². The van der Waals surface area contributed by atoms with E-state index in [1.165, 1.54) is 11.3 Å². The van der Waals surface area contributed by atoms with Crippen molar-refractivity contribution in [2.75, 3.05) is 19.8 Å². The van der Waals surface area contributed by atoms with Gasteiger partial charge in [-0.2, -0.15) is 0 Å². The second kappa shape index (κ2) is 11.8. The van der Waals surface area contributed by atoms with Crippen LogP contribution >= 0.6 is 27.3 Å². The predicted molar refractivity (Wildman–Crippen MR) is 161 cm³/mol. The van der Waals surface area contributed by atoms with Gasteiger partial charge in [0.2, 0.25) is 0 Å². The van der Waals surface area contributed by atoms with Crippen molar-refractivity contribution < 1.29 is 19.0 Å². The van der Waals surface area contributed by atoms with Gasteiger partial charge >= 0.3 is 5.97 Å². The number of thiazole rings is 1. The fraction of sp³-hybridized carbons (Fsp3) is 0.258. The van der Waals surface area contributed by atoms with Gasteiger partial charge in [0.1, 0.15) is 0 Å². The standard InChI is InChI=1S/C31H29BrN2O5S/c1-5-37-24-16-19(15-23(32)28(24)38-6-2)17-25-29(35)34-27(22-14-10-12-20-11-8-9-13-21(20)22)26(30(36)39-7-3)18(4)33-31(34)40-25/h8-17,27H,5-7H2,1-4H3/b25-17+/t27-/m0/s1. The van der Waals surface area contributed by atoms with Crippen molar-refractivity contribution in [3.8, 4) is 11.5 Å². The summed E-state index contributed by atoms with van der Waals surface area (Å²) in [6.45, 7) is 8.56. The average Bonchev–Trinajstić information content (AvgIpc) is 3.23. The summed E-state index contributed by atoms with van der Waals surface area (Å²) in [6, 6.07) is 16.9. The summed E-state index contributed by atoms with van der Waals surface area (Å²) in [4.78, 5) is 32.6. The largest absolute Gasteiger partial charge is 0.490 e. The van der Waals surface area contributed by atoms with Gasteiger partial charge in [0.25, 0.3) is 5.56 Å². The summed E-state index contributed by atoms with van der Waals surface area (Å²) in [5, 5.41) is 1.97. The lowest BCUT2D eigenvalue weighted by Crippen LogP contribution is -2.40. The summed E-state index contributed by atoms with van der Waals surface area (Å²) in [6.07, 6.45) is 1.82. The number of carbonyl (C=O) groups is 1. The van der Waals surface area contributed by atoms with Crippen molar-refractivity contribution >= 4 is 50.1 Å². The first-order valence-corrected chi connectivity index (χ1v) is 14.7. The van der Waals surface area contributed by atoms with Crippen LogP contribution < -0.4 is 24.4 Å². The number of nitrogens with zero attached hydrogens (tertiary/aromatic N) is 2. The molecule has 0 N–H and O–H groups in total. The van der Waals surface area contributed by atoms with Crippen LogP contribution in [0.1, 0.15) is 44.9 Å². The summed E-state index contributed by atoms with van der Waals surface area (Å²) in [5.74, 6) is 0.730. The number of fused-ring (bicyclic) bond motifs is 2. The summed E-state index contributed by atoms with van der Waals surface area (Å²) in [5.41, 5.74) is 2.27. The van der Waals surface area contributed by atoms with Gasteiger partial charge in [-0.25, -0.2) is 9.79 Å². The molecular formula is C31H29BrN2O5S. The van der Waals surface area contributed by atoms with E-state index in [-0.39, 0.29) is 12.2 Å². The van der Waals surface area contributed by atoms with Crippen LogP contribution in [0.4, 0.5) is 0 Å². The Morgan fingerprint density at radius 2 is 1.80 bits per heavy atom. The maximum Gasteiger partial charge on any atom is 0.338 e. The maximum atomic E-state index is 14.1. The van der Waals surface area contributed by atoms with Crippen LogP contribution in [0.25, 0.3) is 16.8 Å². The molecule has 4 aromatic rings. The van der Waals surface area contributed by atoms with Crippen LogP contribution in [0.3, 0.4) is 0 Å². The van der Waals surface area contributed by atoms with Crippen molar-refractivity contribution in [3.63, 3.8) is 0 Å². The van der Waals surface area contributed by atoms with E-state index in [9.17, 15) is 9.59 Å². The van der Waals surface area contributed by atoms with Gasteiger partial charge in [0.15, 0.2) is 16.3 Å². The molecule has 0 spiro atoms. The topological polar surface area (TPSA) is 79.1 Å². The zero-order chi connectivity index (χ0) is 28.4. The lowest BCUT2D eigenvalue weighted by Gasteiger charge is -2.25. The third-order valence-electron chi connectivity index (χ3n) is 6.55. The molecule has 9 heteroatoms. The monoisotopic (exact) mass is 620 g/mol. The molecule has 0 saturated heterocycles. The maximum absolute atomic E-state index is 14.1. The van der Waals surface area contributed by atoms with Gasteiger partial charge in [-0.3, -0.25) is 9.36 Å². The molecule has 1 aliphatic rings. The van der Waals surface area contributed by atoms with Crippen molar-refractivity contribution in [1.29, 1.82) is 0 Å². The van der Waals surface area contributed by atoms with Gasteiger partial charge < -0.3 is 14.2 Å². The molecule has 0 saturated carbocycles. The van der Waals surface area contributed by atoms with Crippen LogP contribution in [0.2, 0.25) is 0 Å². The highest BCUT2D eigenvalue weighted by molar-refractivity contribution is 9.10. The zero-order valence-corrected chi connectivity index (χ0v) is 25.1. The van der Waals surface area contributed by atoms with E-state index in [0.717, 1.165) is 26.4 Å². The van der Waals surface area contributed by atoms with E-state index < -0.39 is 12.0 Å². The molecule has 7 nitrogen and oxygen atoms in total. The smallest absolute Gasteiger partial charge is 0.338 e. The van der Waals surface area contributed by atoms with E-state index in [0.29, 0.717) is 45.3 Å². The Morgan fingerprint density at radius 3 is 2.55 bits per heavy atom. The first-order valence-electron chi connectivity index (χ1n) is 13.1. The van der Waals surface area contributed by atoms with Crippen LogP contribution in [0.5, 0.6) is 11.5 Å². The van der Waals surface area contributed by atoms with Crippen molar-refractivity contribution in [2.45, 2.75) is 33.7 Å². The number of esters is 1. The number of rotatable bonds is 8. The van der Waals surface area contributed by atoms with Crippen LogP contribution in [0, 0.1) is 0 Å². The summed E-state index contributed by atoms with van der Waals surface area (Å²) >= 11 is 4.87. The minimum Gasteiger partial charge on any atom is -0.490 e. The Morgan fingerprint density at radius 1 is 1.05 bits per heavy atom. The lowest BCUT2D eigenvalue weighted by atomic mass is 9.91. The molecule has 0 bridgehead atoms. The van der Waals surface area contributed by atoms with E-state index in [1.54, 1.807) is 18.4 Å². The molecular weight excluding hydrogens is 592 g/mol. The molecule has 0 aliphatic carbocycles. The van der Waals surface area contributed by atoms with Crippen molar-refractivity contribution in [2.24, 2.45) is 4.99 Å². The number of allylic oxidation sites excluding steroid dienone is 1. The first kappa shape index (κ1) is 27.9. The minimum atomic E-state index is -0.686. The first-order chi connectivity index (χ1) is 19.4. The Hall–Kier alpha value is -3.69. The molecule has 0 radical (unpaired) electrons. The van der Waals surface area contributed by atoms with Crippen LogP contribution in [-0.2, 0) is 9.53 Å². The Bertz CT molecular complexity index is 1820. The number of aromatic nitrogens is 1. The molecule has 0 unspecified atom stereocenters. The molecule has 3 aromatic carbocycles. The molecule has 1 aliphatic heterocycles. The third kappa shape index (κ3) is 5.11. The van der Waals surface area contributed by atoms with Crippen molar-refractivity contribution in [1.82, 2.24) is 4.57 Å². The molecule has 0 amide bonds. The number of hydrogen-bond acceptors (Lipinski definition) is 7. The zero-order valence-electron chi connectivity index (χ0n) is 22.7. The second-order valence-corrected chi connectivity index (χ2v) is 10.9. The van der Waals surface area contributed by atoms with Crippen molar-refractivity contribution in [3.05, 3.63) is 101 Å². The number of hydrogen-bond donors (Lipinski definition) is 0. The van der Waals surface area contributed by atoms with Gasteiger partial charge in [0.05, 0.1) is 46.1 Å². The van der Waals surface area contributed by atoms with Gasteiger partial charge in [-0.05, 0) is 83.7 Å². The predicted octanol–water partition coefficient (Wildman–Crippen LogP) is 5.51. The molecule has 2 heterocycles. The molecule has 5 rings (SSSR count). The quantitative estimate of drug-likeness (QED) is 0.243. The fourth-order valence-corrected chi connectivity index (χ4v) is 6.57. The summed E-state index contributed by atoms with van der Waals surface area (Å²) in [7, 11) is 0. The van der Waals surface area contributed by atoms with Gasteiger partial charge in [-0.1, -0.05) is 53.8 Å². The Balaban J connectivity index is 1.74. The van der Waals surface area contributed by atoms with E-state index in [1.807, 2.05) is 74.5 Å². The summed E-state index contributed by atoms with van der Waals surface area (Å²) < 4.78 is 19.9. The number of ether oxygens (including phenoxy) is 3. The minimum absolute atomic E-state index is 0.219. The highest BCUT2D eigenvalue weighted by atomic mass is 79.9. The number of halogens is 1. The highest BCUT2D eigenvalue weighted by Crippen LogP contribution is 2.37. The third-order valence-corrected chi connectivity index (χ3v) is 8.13. The number of benzene rings is 3. The average molecular weight is 622 g/mol. The van der Waals surface area contributed by atoms with E-state index >= 15 is 0 Å². The van der Waals surface area contributed by atoms with E-state index in [2.05, 4.69) is 15.9 Å². The highest BCUT2D eigenvalue weighted by Gasteiger charge is 2.34. The van der Waals surface area contributed by atoms with Crippen LogP contribution in [-0.4, -0.2) is 30.4 Å². The van der Waals surface area contributed by atoms with Crippen LogP contribution in [0.15, 0.2) is 80.1 Å². The normalized spacial score (nSPS) is 15.1.